The van der Waals surface area contributed by atoms with Crippen molar-refractivity contribution in [3.8, 4) is 0 Å². The highest BCUT2D eigenvalue weighted by molar-refractivity contribution is 5.83. The Bertz CT molecular complexity index is 739. The van der Waals surface area contributed by atoms with Crippen molar-refractivity contribution in [1.29, 1.82) is 0 Å². The van der Waals surface area contributed by atoms with Gasteiger partial charge >= 0.3 is 0 Å². The number of aliphatic hydroxyl groups is 1. The molecule has 2 atom stereocenters. The van der Waals surface area contributed by atoms with Crippen molar-refractivity contribution in [3.63, 3.8) is 0 Å². The van der Waals surface area contributed by atoms with Crippen LogP contribution in [-0.2, 0) is 0 Å². The van der Waals surface area contributed by atoms with Crippen LogP contribution in [0.1, 0.15) is 23.1 Å². The van der Waals surface area contributed by atoms with Crippen LogP contribution in [0.2, 0.25) is 0 Å². The van der Waals surface area contributed by atoms with E-state index in [1.165, 1.54) is 5.39 Å². The fourth-order valence-electron chi connectivity index (χ4n) is 2.96. The molecule has 3 rings (SSSR count). The molecule has 22 heavy (non-hydrogen) atoms. The van der Waals surface area contributed by atoms with Gasteiger partial charge in [0, 0.05) is 12.5 Å². The van der Waals surface area contributed by atoms with Crippen LogP contribution in [0.25, 0.3) is 10.8 Å². The molecule has 0 saturated heterocycles. The van der Waals surface area contributed by atoms with Gasteiger partial charge in [-0.1, -0.05) is 66.7 Å². The number of hydrogen-bond acceptors (Lipinski definition) is 2. The summed E-state index contributed by atoms with van der Waals surface area (Å²) in [5, 5.41) is 16.4. The lowest BCUT2D eigenvalue weighted by Gasteiger charge is -2.24. The molecule has 0 aliphatic carbocycles. The SMILES string of the molecule is CNC[C@@H](c1ccccc1)[C@@H](O)c1ccc2ccccc2c1. The maximum atomic E-state index is 10.9. The van der Waals surface area contributed by atoms with Gasteiger partial charge in [-0.2, -0.15) is 0 Å². The van der Waals surface area contributed by atoms with Gasteiger partial charge in [0.1, 0.15) is 0 Å². The van der Waals surface area contributed by atoms with E-state index in [-0.39, 0.29) is 5.92 Å². The summed E-state index contributed by atoms with van der Waals surface area (Å²) in [6.45, 7) is 0.734. The van der Waals surface area contributed by atoms with E-state index in [1.54, 1.807) is 0 Å². The van der Waals surface area contributed by atoms with Gasteiger partial charge in [0.05, 0.1) is 6.10 Å². The number of aliphatic hydroxyl groups excluding tert-OH is 1. The zero-order chi connectivity index (χ0) is 15.4. The second-order valence-electron chi connectivity index (χ2n) is 5.63. The van der Waals surface area contributed by atoms with Gasteiger partial charge in [0.2, 0.25) is 0 Å². The fourth-order valence-corrected chi connectivity index (χ4v) is 2.96. The van der Waals surface area contributed by atoms with Gasteiger partial charge in [0.25, 0.3) is 0 Å². The Morgan fingerprint density at radius 2 is 1.50 bits per heavy atom. The molecule has 0 aliphatic heterocycles. The monoisotopic (exact) mass is 291 g/mol. The molecule has 0 saturated carbocycles. The molecular formula is C20H21NO. The second-order valence-corrected chi connectivity index (χ2v) is 5.63. The van der Waals surface area contributed by atoms with Crippen LogP contribution in [0.4, 0.5) is 0 Å². The summed E-state index contributed by atoms with van der Waals surface area (Å²) in [4.78, 5) is 0. The van der Waals surface area contributed by atoms with Gasteiger partial charge in [-0.25, -0.2) is 0 Å². The minimum absolute atomic E-state index is 0.0346. The first-order chi connectivity index (χ1) is 10.8. The predicted octanol–water partition coefficient (Wildman–Crippen LogP) is 3.88. The van der Waals surface area contributed by atoms with Gasteiger partial charge in [-0.3, -0.25) is 0 Å². The van der Waals surface area contributed by atoms with Gasteiger partial charge in [0.15, 0.2) is 0 Å². The highest BCUT2D eigenvalue weighted by Gasteiger charge is 2.22. The average molecular weight is 291 g/mol. The van der Waals surface area contributed by atoms with Crippen molar-refractivity contribution >= 4 is 10.8 Å². The topological polar surface area (TPSA) is 32.3 Å². The van der Waals surface area contributed by atoms with E-state index < -0.39 is 6.10 Å². The largest absolute Gasteiger partial charge is 0.388 e. The summed E-state index contributed by atoms with van der Waals surface area (Å²) in [6.07, 6.45) is -0.528. The molecule has 2 nitrogen and oxygen atoms in total. The summed E-state index contributed by atoms with van der Waals surface area (Å²) in [5.74, 6) is 0.0346. The first kappa shape index (κ1) is 14.8. The van der Waals surface area contributed by atoms with Crippen LogP contribution >= 0.6 is 0 Å². The zero-order valence-electron chi connectivity index (χ0n) is 12.7. The van der Waals surface area contributed by atoms with Crippen molar-refractivity contribution in [2.45, 2.75) is 12.0 Å². The van der Waals surface area contributed by atoms with Crippen molar-refractivity contribution in [2.24, 2.45) is 0 Å². The number of benzene rings is 3. The summed E-state index contributed by atoms with van der Waals surface area (Å²) in [6, 6.07) is 24.6. The number of nitrogens with one attached hydrogen (secondary N) is 1. The number of hydrogen-bond donors (Lipinski definition) is 2. The highest BCUT2D eigenvalue weighted by atomic mass is 16.3. The molecule has 112 valence electrons. The molecule has 2 N–H and O–H groups in total. The maximum Gasteiger partial charge on any atom is 0.0870 e. The van der Waals surface area contributed by atoms with Crippen LogP contribution < -0.4 is 5.32 Å². The molecule has 0 spiro atoms. The molecule has 0 fully saturated rings. The van der Waals surface area contributed by atoms with Crippen molar-refractivity contribution in [3.05, 3.63) is 83.9 Å². The Labute approximate surface area is 131 Å². The second kappa shape index (κ2) is 6.73. The van der Waals surface area contributed by atoms with Crippen LogP contribution in [0.5, 0.6) is 0 Å². The average Bonchev–Trinajstić information content (AvgIpc) is 2.59. The minimum Gasteiger partial charge on any atom is -0.388 e. The molecule has 3 aromatic rings. The Kier molecular flexibility index (Phi) is 4.52. The van der Waals surface area contributed by atoms with Gasteiger partial charge < -0.3 is 10.4 Å². The standard InChI is InChI=1S/C20H21NO/c1-21-14-19(16-8-3-2-4-9-16)20(22)18-12-11-15-7-5-6-10-17(15)13-18/h2-13,19-22H,14H2,1H3/t19-,20-/m0/s1. The molecule has 0 unspecified atom stereocenters. The number of fused-ring (bicyclic) bond motifs is 1. The third-order valence-corrected chi connectivity index (χ3v) is 4.15. The van der Waals surface area contributed by atoms with E-state index in [4.69, 9.17) is 0 Å². The Hall–Kier alpha value is -2.16. The molecule has 0 aromatic heterocycles. The van der Waals surface area contributed by atoms with Crippen LogP contribution in [0.15, 0.2) is 72.8 Å². The summed E-state index contributed by atoms with van der Waals surface area (Å²) >= 11 is 0. The third kappa shape index (κ3) is 3.03. The lowest BCUT2D eigenvalue weighted by molar-refractivity contribution is 0.144. The van der Waals surface area contributed by atoms with Crippen molar-refractivity contribution in [2.75, 3.05) is 13.6 Å². The van der Waals surface area contributed by atoms with Crippen molar-refractivity contribution in [1.82, 2.24) is 5.32 Å². The highest BCUT2D eigenvalue weighted by Crippen LogP contribution is 2.32. The third-order valence-electron chi connectivity index (χ3n) is 4.15. The molecule has 0 aliphatic rings. The summed E-state index contributed by atoms with van der Waals surface area (Å²) < 4.78 is 0. The quantitative estimate of drug-likeness (QED) is 0.748. The van der Waals surface area contributed by atoms with Crippen molar-refractivity contribution < 1.29 is 5.11 Å². The van der Waals surface area contributed by atoms with E-state index in [1.807, 2.05) is 43.4 Å². The van der Waals surface area contributed by atoms with Crippen LogP contribution in [0.3, 0.4) is 0 Å². The molecule has 0 radical (unpaired) electrons. The Morgan fingerprint density at radius 3 is 2.23 bits per heavy atom. The van der Waals surface area contributed by atoms with E-state index in [2.05, 4.69) is 41.7 Å². The first-order valence-electron chi connectivity index (χ1n) is 7.66. The van der Waals surface area contributed by atoms with E-state index >= 15 is 0 Å². The molecule has 0 bridgehead atoms. The lowest BCUT2D eigenvalue weighted by atomic mass is 9.88. The summed E-state index contributed by atoms with van der Waals surface area (Å²) in [5.41, 5.74) is 2.11. The van der Waals surface area contributed by atoms with Crippen LogP contribution in [-0.4, -0.2) is 18.7 Å². The minimum atomic E-state index is -0.528. The number of likely N-dealkylation sites (N-methyl/N-ethyl adjacent to an activating group) is 1. The molecule has 0 amide bonds. The molecular weight excluding hydrogens is 270 g/mol. The van der Waals surface area contributed by atoms with E-state index in [0.717, 1.165) is 23.1 Å². The molecule has 3 aromatic carbocycles. The smallest absolute Gasteiger partial charge is 0.0870 e. The maximum absolute atomic E-state index is 10.9. The first-order valence-corrected chi connectivity index (χ1v) is 7.66. The predicted molar refractivity (Wildman–Crippen MR) is 92.0 cm³/mol. The zero-order valence-corrected chi connectivity index (χ0v) is 12.7. The fraction of sp³-hybridized carbons (Fsp3) is 0.200. The number of rotatable bonds is 5. The van der Waals surface area contributed by atoms with Gasteiger partial charge in [-0.15, -0.1) is 0 Å². The Morgan fingerprint density at radius 1 is 0.818 bits per heavy atom. The van der Waals surface area contributed by atoms with Gasteiger partial charge in [-0.05, 0) is 35.0 Å². The van der Waals surface area contributed by atoms with E-state index in [0.29, 0.717) is 0 Å². The van der Waals surface area contributed by atoms with E-state index in [9.17, 15) is 5.11 Å². The normalized spacial score (nSPS) is 13.9. The van der Waals surface area contributed by atoms with Crippen LogP contribution in [0, 0.1) is 0 Å². The Balaban J connectivity index is 1.96. The summed E-state index contributed by atoms with van der Waals surface area (Å²) in [7, 11) is 1.92. The lowest BCUT2D eigenvalue weighted by Crippen LogP contribution is -2.23. The molecule has 0 heterocycles. The molecule has 2 heteroatoms.